The van der Waals surface area contributed by atoms with Gasteiger partial charge in [-0.25, -0.2) is 0 Å². The van der Waals surface area contributed by atoms with Crippen molar-refractivity contribution in [3.8, 4) is 11.1 Å². The Balaban J connectivity index is 2.32. The van der Waals surface area contributed by atoms with Gasteiger partial charge in [-0.1, -0.05) is 66.2 Å². The lowest BCUT2D eigenvalue weighted by atomic mass is 9.93. The normalized spacial score (nSPS) is 10.7. The Morgan fingerprint density at radius 2 is 1.55 bits per heavy atom. The minimum absolute atomic E-state index is 0.0346. The minimum atomic E-state index is 0.0346. The van der Waals surface area contributed by atoms with E-state index in [1.54, 1.807) is 19.0 Å². The van der Waals surface area contributed by atoms with Gasteiger partial charge in [0.2, 0.25) is 0 Å². The van der Waals surface area contributed by atoms with Crippen molar-refractivity contribution in [3.63, 3.8) is 0 Å². The van der Waals surface area contributed by atoms with E-state index < -0.39 is 0 Å². The molecule has 0 N–H and O–H groups in total. The zero-order valence-corrected chi connectivity index (χ0v) is 13.1. The summed E-state index contributed by atoms with van der Waals surface area (Å²) in [6, 6.07) is 20.5. The van der Waals surface area contributed by atoms with E-state index in [1.807, 2.05) is 30.3 Å². The van der Waals surface area contributed by atoms with Gasteiger partial charge in [0.15, 0.2) is 0 Å². The van der Waals surface area contributed by atoms with Crippen molar-refractivity contribution in [2.24, 2.45) is 0 Å². The average molecular weight is 289 g/mol. The Morgan fingerprint density at radius 3 is 2.23 bits per heavy atom. The molecule has 0 spiro atoms. The summed E-state index contributed by atoms with van der Waals surface area (Å²) < 4.78 is 0. The number of amides is 1. The highest BCUT2D eigenvalue weighted by molar-refractivity contribution is 6.12. The molecule has 0 unspecified atom stereocenters. The molecule has 0 aliphatic carbocycles. The Kier molecular flexibility index (Phi) is 3.68. The molecule has 2 nitrogen and oxygen atoms in total. The number of aryl methyl sites for hydroxylation is 1. The third-order valence-corrected chi connectivity index (χ3v) is 3.91. The van der Waals surface area contributed by atoms with E-state index in [0.29, 0.717) is 0 Å². The predicted octanol–water partition coefficient (Wildman–Crippen LogP) is 4.52. The Labute approximate surface area is 131 Å². The Morgan fingerprint density at radius 1 is 0.864 bits per heavy atom. The van der Waals surface area contributed by atoms with E-state index in [1.165, 1.54) is 5.56 Å². The van der Waals surface area contributed by atoms with Crippen LogP contribution in [0.2, 0.25) is 0 Å². The van der Waals surface area contributed by atoms with Crippen molar-refractivity contribution in [1.29, 1.82) is 0 Å². The molecule has 0 heterocycles. The van der Waals surface area contributed by atoms with Crippen LogP contribution >= 0.6 is 0 Å². The molecule has 3 aromatic rings. The van der Waals surface area contributed by atoms with Crippen molar-refractivity contribution in [3.05, 3.63) is 71.8 Å². The summed E-state index contributed by atoms with van der Waals surface area (Å²) in [7, 11) is 3.59. The second-order valence-corrected chi connectivity index (χ2v) is 5.77. The summed E-state index contributed by atoms with van der Waals surface area (Å²) in [5.41, 5.74) is 4.04. The topological polar surface area (TPSA) is 20.3 Å². The highest BCUT2D eigenvalue weighted by atomic mass is 16.2. The third-order valence-electron chi connectivity index (χ3n) is 3.91. The fourth-order valence-corrected chi connectivity index (χ4v) is 2.70. The van der Waals surface area contributed by atoms with Gasteiger partial charge in [-0.15, -0.1) is 0 Å². The molecular weight excluding hydrogens is 270 g/mol. The van der Waals surface area contributed by atoms with Crippen LogP contribution in [0.15, 0.2) is 60.7 Å². The van der Waals surface area contributed by atoms with Gasteiger partial charge in [-0.05, 0) is 28.8 Å². The molecule has 0 atom stereocenters. The predicted molar refractivity (Wildman–Crippen MR) is 92.1 cm³/mol. The van der Waals surface area contributed by atoms with E-state index in [-0.39, 0.29) is 5.91 Å². The third kappa shape index (κ3) is 2.48. The maximum absolute atomic E-state index is 12.7. The molecule has 0 radical (unpaired) electrons. The van der Waals surface area contributed by atoms with Crippen LogP contribution in [0.4, 0.5) is 0 Å². The summed E-state index contributed by atoms with van der Waals surface area (Å²) in [6.07, 6.45) is 0. The van der Waals surface area contributed by atoms with Crippen LogP contribution in [-0.2, 0) is 0 Å². The molecule has 0 aliphatic heterocycles. The molecular formula is C20H19NO. The molecule has 0 bridgehead atoms. The lowest BCUT2D eigenvalue weighted by molar-refractivity contribution is 0.0830. The van der Waals surface area contributed by atoms with Crippen molar-refractivity contribution in [2.45, 2.75) is 6.92 Å². The van der Waals surface area contributed by atoms with E-state index in [0.717, 1.165) is 27.5 Å². The largest absolute Gasteiger partial charge is 0.345 e. The molecule has 3 rings (SSSR count). The fourth-order valence-electron chi connectivity index (χ4n) is 2.70. The van der Waals surface area contributed by atoms with Gasteiger partial charge in [0.05, 0.1) is 5.56 Å². The van der Waals surface area contributed by atoms with E-state index >= 15 is 0 Å². The molecule has 22 heavy (non-hydrogen) atoms. The molecule has 2 heteroatoms. The number of hydrogen-bond donors (Lipinski definition) is 0. The molecule has 0 fully saturated rings. The van der Waals surface area contributed by atoms with Crippen LogP contribution < -0.4 is 0 Å². The number of hydrogen-bond acceptors (Lipinski definition) is 1. The van der Waals surface area contributed by atoms with Crippen molar-refractivity contribution < 1.29 is 4.79 Å². The molecule has 0 saturated carbocycles. The maximum atomic E-state index is 12.7. The van der Waals surface area contributed by atoms with Gasteiger partial charge in [0.1, 0.15) is 0 Å². The van der Waals surface area contributed by atoms with Crippen LogP contribution in [0.1, 0.15) is 15.9 Å². The molecule has 110 valence electrons. The molecule has 0 aromatic heterocycles. The van der Waals surface area contributed by atoms with Gasteiger partial charge >= 0.3 is 0 Å². The lowest BCUT2D eigenvalue weighted by Gasteiger charge is -2.17. The highest BCUT2D eigenvalue weighted by Gasteiger charge is 2.17. The molecule has 0 saturated heterocycles. The second kappa shape index (κ2) is 5.64. The number of rotatable bonds is 2. The summed E-state index contributed by atoms with van der Waals surface area (Å²) in [4.78, 5) is 14.4. The first-order valence-electron chi connectivity index (χ1n) is 7.38. The van der Waals surface area contributed by atoms with Gasteiger partial charge < -0.3 is 4.90 Å². The SMILES string of the molecule is Cc1ccc(-c2ccc3ccccc3c2C(=O)N(C)C)cc1. The van der Waals surface area contributed by atoms with Gasteiger partial charge in [-0.3, -0.25) is 4.79 Å². The van der Waals surface area contributed by atoms with Crippen LogP contribution in [0, 0.1) is 6.92 Å². The quantitative estimate of drug-likeness (QED) is 0.679. The summed E-state index contributed by atoms with van der Waals surface area (Å²) in [5.74, 6) is 0.0346. The minimum Gasteiger partial charge on any atom is -0.345 e. The van der Waals surface area contributed by atoms with Crippen LogP contribution in [0.3, 0.4) is 0 Å². The standard InChI is InChI=1S/C20H19NO/c1-14-8-10-16(11-9-14)18-13-12-15-6-4-5-7-17(15)19(18)20(22)21(2)3/h4-13H,1-3H3. The number of carbonyl (C=O) groups is 1. The Bertz CT molecular complexity index is 832. The molecule has 0 aliphatic rings. The number of benzene rings is 3. The first-order valence-corrected chi connectivity index (χ1v) is 7.38. The first-order chi connectivity index (χ1) is 10.6. The molecule has 1 amide bonds. The zero-order valence-electron chi connectivity index (χ0n) is 13.1. The number of nitrogens with zero attached hydrogens (tertiary/aromatic N) is 1. The fraction of sp³-hybridized carbons (Fsp3) is 0.150. The van der Waals surface area contributed by atoms with Crippen LogP contribution in [0.5, 0.6) is 0 Å². The summed E-state index contributed by atoms with van der Waals surface area (Å²) >= 11 is 0. The lowest BCUT2D eigenvalue weighted by Crippen LogP contribution is -2.22. The molecule has 3 aromatic carbocycles. The van der Waals surface area contributed by atoms with E-state index in [9.17, 15) is 4.79 Å². The van der Waals surface area contributed by atoms with Crippen LogP contribution in [0.25, 0.3) is 21.9 Å². The maximum Gasteiger partial charge on any atom is 0.254 e. The number of fused-ring (bicyclic) bond motifs is 1. The second-order valence-electron chi connectivity index (χ2n) is 5.77. The summed E-state index contributed by atoms with van der Waals surface area (Å²) in [5, 5.41) is 2.09. The van der Waals surface area contributed by atoms with Gasteiger partial charge in [0.25, 0.3) is 5.91 Å². The van der Waals surface area contributed by atoms with E-state index in [2.05, 4.69) is 37.3 Å². The van der Waals surface area contributed by atoms with Crippen molar-refractivity contribution >= 4 is 16.7 Å². The average Bonchev–Trinajstić information content (AvgIpc) is 2.54. The van der Waals surface area contributed by atoms with Crippen LogP contribution in [-0.4, -0.2) is 24.9 Å². The highest BCUT2D eigenvalue weighted by Crippen LogP contribution is 2.31. The van der Waals surface area contributed by atoms with E-state index in [4.69, 9.17) is 0 Å². The smallest absolute Gasteiger partial charge is 0.254 e. The Hall–Kier alpha value is -2.61. The zero-order chi connectivity index (χ0) is 15.7. The van der Waals surface area contributed by atoms with Gasteiger partial charge in [-0.2, -0.15) is 0 Å². The van der Waals surface area contributed by atoms with Crippen molar-refractivity contribution in [2.75, 3.05) is 14.1 Å². The van der Waals surface area contributed by atoms with Gasteiger partial charge in [0, 0.05) is 14.1 Å². The monoisotopic (exact) mass is 289 g/mol. The first kappa shape index (κ1) is 14.3. The van der Waals surface area contributed by atoms with Crippen molar-refractivity contribution in [1.82, 2.24) is 4.90 Å². The summed E-state index contributed by atoms with van der Waals surface area (Å²) in [6.45, 7) is 2.07. The number of carbonyl (C=O) groups excluding carboxylic acids is 1.